The molecule has 2 N–H and O–H groups in total. The molecule has 0 radical (unpaired) electrons. The maximum atomic E-state index is 13.5. The van der Waals surface area contributed by atoms with Crippen LogP contribution in [0, 0.1) is 0 Å². The van der Waals surface area contributed by atoms with E-state index >= 15 is 0 Å². The third kappa shape index (κ3) is 3.79. The number of aromatic nitrogens is 2. The molecule has 0 fully saturated rings. The molecule has 0 aromatic carbocycles. The van der Waals surface area contributed by atoms with Gasteiger partial charge in [0.15, 0.2) is 0 Å². The Bertz CT molecular complexity index is 691. The van der Waals surface area contributed by atoms with Gasteiger partial charge in [-0.25, -0.2) is 9.37 Å². The van der Waals surface area contributed by atoms with Crippen LogP contribution in [-0.4, -0.2) is 9.97 Å². The fourth-order valence-electron chi connectivity index (χ4n) is 1.52. The average molecular weight is 287 g/mol. The van der Waals surface area contributed by atoms with E-state index in [1.165, 1.54) is 24.6 Å². The predicted octanol–water partition coefficient (Wildman–Crippen LogP) is 3.35. The Morgan fingerprint density at radius 2 is 2.24 bits per heavy atom. The van der Waals surface area contributed by atoms with E-state index in [4.69, 9.17) is 14.9 Å². The first-order chi connectivity index (χ1) is 10.1. The number of nitrogens with zero attached hydrogens (tertiary/aromatic N) is 2. The molecule has 2 aromatic rings. The number of rotatable bonds is 5. The van der Waals surface area contributed by atoms with Gasteiger partial charge in [0.25, 0.3) is 0 Å². The summed E-state index contributed by atoms with van der Waals surface area (Å²) in [5, 5.41) is 0. The average Bonchev–Trinajstić information content (AvgIpc) is 3.00. The molecule has 21 heavy (non-hydrogen) atoms. The monoisotopic (exact) mass is 287 g/mol. The molecular formula is C15H14FN3O2. The van der Waals surface area contributed by atoms with E-state index < -0.39 is 5.83 Å². The number of nitrogens with two attached hydrogens (primary N) is 1. The summed E-state index contributed by atoms with van der Waals surface area (Å²) in [5.41, 5.74) is 5.87. The van der Waals surface area contributed by atoms with Gasteiger partial charge in [-0.2, -0.15) is 0 Å². The third-order valence-electron chi connectivity index (χ3n) is 2.49. The minimum atomic E-state index is -0.607. The van der Waals surface area contributed by atoms with Crippen LogP contribution < -0.4 is 10.5 Å². The van der Waals surface area contributed by atoms with E-state index in [1.807, 2.05) is 0 Å². The highest BCUT2D eigenvalue weighted by atomic mass is 19.1. The molecule has 2 heterocycles. The summed E-state index contributed by atoms with van der Waals surface area (Å²) in [4.78, 5) is 8.11. The Morgan fingerprint density at radius 3 is 2.90 bits per heavy atom. The van der Waals surface area contributed by atoms with Crippen molar-refractivity contribution in [3.63, 3.8) is 0 Å². The summed E-state index contributed by atoms with van der Waals surface area (Å²) < 4.78 is 24.2. The van der Waals surface area contributed by atoms with Gasteiger partial charge in [0.05, 0.1) is 11.9 Å². The van der Waals surface area contributed by atoms with Gasteiger partial charge in [-0.1, -0.05) is 6.58 Å². The SMILES string of the molecule is C=C/C(N)=C(F)\C=C(/C)Oc1ccnc(-c2ncco2)c1. The van der Waals surface area contributed by atoms with Crippen LogP contribution in [0.15, 0.2) is 71.2 Å². The van der Waals surface area contributed by atoms with Crippen molar-refractivity contribution >= 4 is 0 Å². The zero-order valence-corrected chi connectivity index (χ0v) is 11.4. The second kappa shape index (κ2) is 6.51. The summed E-state index contributed by atoms with van der Waals surface area (Å²) in [7, 11) is 0. The molecule has 5 nitrogen and oxygen atoms in total. The van der Waals surface area contributed by atoms with Crippen LogP contribution in [0.2, 0.25) is 0 Å². The van der Waals surface area contributed by atoms with Crippen LogP contribution in [0.3, 0.4) is 0 Å². The van der Waals surface area contributed by atoms with E-state index in [1.54, 1.807) is 25.3 Å². The van der Waals surface area contributed by atoms with Crippen molar-refractivity contribution in [2.75, 3.05) is 0 Å². The lowest BCUT2D eigenvalue weighted by atomic mass is 10.3. The minimum Gasteiger partial charge on any atom is -0.462 e. The highest BCUT2D eigenvalue weighted by Gasteiger charge is 2.06. The van der Waals surface area contributed by atoms with Gasteiger partial charge in [0, 0.05) is 18.3 Å². The first-order valence-electron chi connectivity index (χ1n) is 6.10. The number of ether oxygens (including phenoxy) is 1. The normalized spacial score (nSPS) is 12.8. The van der Waals surface area contributed by atoms with Crippen LogP contribution in [0.4, 0.5) is 4.39 Å². The molecule has 0 unspecified atom stereocenters. The van der Waals surface area contributed by atoms with E-state index in [9.17, 15) is 4.39 Å². The zero-order chi connectivity index (χ0) is 15.2. The molecule has 0 saturated heterocycles. The van der Waals surface area contributed by atoms with E-state index in [0.717, 1.165) is 0 Å². The Labute approximate surface area is 121 Å². The number of hydrogen-bond donors (Lipinski definition) is 1. The number of allylic oxidation sites excluding steroid dienone is 4. The van der Waals surface area contributed by atoms with Gasteiger partial charge in [0.2, 0.25) is 5.89 Å². The van der Waals surface area contributed by atoms with Gasteiger partial charge in [-0.05, 0) is 19.1 Å². The van der Waals surface area contributed by atoms with Crippen molar-refractivity contribution in [2.24, 2.45) is 5.73 Å². The highest BCUT2D eigenvalue weighted by Crippen LogP contribution is 2.21. The fraction of sp³-hybridized carbons (Fsp3) is 0.0667. The standard InChI is InChI=1S/C15H14FN3O2/c1-3-13(17)12(16)8-10(2)21-11-4-5-18-14(9-11)15-19-6-7-20-15/h3-9H,1,17H2,2H3/b10-8+,13-12-. The maximum Gasteiger partial charge on any atom is 0.245 e. The maximum absolute atomic E-state index is 13.5. The van der Waals surface area contributed by atoms with Crippen LogP contribution in [0.5, 0.6) is 5.75 Å². The van der Waals surface area contributed by atoms with Crippen LogP contribution >= 0.6 is 0 Å². The second-order valence-corrected chi connectivity index (χ2v) is 4.08. The third-order valence-corrected chi connectivity index (χ3v) is 2.49. The summed E-state index contributed by atoms with van der Waals surface area (Å²) in [6.07, 6.45) is 6.93. The molecule has 6 heteroatoms. The van der Waals surface area contributed by atoms with E-state index in [0.29, 0.717) is 23.1 Å². The van der Waals surface area contributed by atoms with Crippen molar-refractivity contribution in [3.8, 4) is 17.3 Å². The molecule has 0 aliphatic rings. The Morgan fingerprint density at radius 1 is 1.43 bits per heavy atom. The number of oxazole rings is 1. The number of hydrogen-bond acceptors (Lipinski definition) is 5. The van der Waals surface area contributed by atoms with E-state index in [2.05, 4.69) is 16.5 Å². The largest absolute Gasteiger partial charge is 0.462 e. The molecule has 0 spiro atoms. The van der Waals surface area contributed by atoms with Crippen LogP contribution in [0.25, 0.3) is 11.6 Å². The first-order valence-corrected chi connectivity index (χ1v) is 6.10. The van der Waals surface area contributed by atoms with E-state index in [-0.39, 0.29) is 5.70 Å². The minimum absolute atomic E-state index is 0.0480. The number of halogens is 1. The summed E-state index contributed by atoms with van der Waals surface area (Å²) >= 11 is 0. The second-order valence-electron chi connectivity index (χ2n) is 4.08. The number of pyridine rings is 1. The van der Waals surface area contributed by atoms with Crippen molar-refractivity contribution < 1.29 is 13.5 Å². The molecule has 2 aromatic heterocycles. The van der Waals surface area contributed by atoms with Gasteiger partial charge >= 0.3 is 0 Å². The molecule has 0 bridgehead atoms. The Hall–Kier alpha value is -2.89. The molecule has 0 saturated carbocycles. The topological polar surface area (TPSA) is 74.2 Å². The van der Waals surface area contributed by atoms with Crippen molar-refractivity contribution in [3.05, 3.63) is 66.8 Å². The van der Waals surface area contributed by atoms with Gasteiger partial charge < -0.3 is 14.9 Å². The summed E-state index contributed by atoms with van der Waals surface area (Å²) in [5.74, 6) is 0.590. The highest BCUT2D eigenvalue weighted by molar-refractivity contribution is 5.49. The molecule has 0 atom stereocenters. The molecule has 0 aliphatic heterocycles. The quantitative estimate of drug-likeness (QED) is 0.674. The molecule has 0 amide bonds. The molecule has 108 valence electrons. The smallest absolute Gasteiger partial charge is 0.245 e. The van der Waals surface area contributed by atoms with Gasteiger partial charge in [-0.15, -0.1) is 0 Å². The van der Waals surface area contributed by atoms with Crippen molar-refractivity contribution in [1.29, 1.82) is 0 Å². The zero-order valence-electron chi connectivity index (χ0n) is 11.4. The molecule has 0 aliphatic carbocycles. The van der Waals surface area contributed by atoms with Crippen molar-refractivity contribution in [2.45, 2.75) is 6.92 Å². The fourth-order valence-corrected chi connectivity index (χ4v) is 1.52. The predicted molar refractivity (Wildman–Crippen MR) is 76.6 cm³/mol. The lowest BCUT2D eigenvalue weighted by molar-refractivity contribution is 0.424. The Balaban J connectivity index is 2.19. The summed E-state index contributed by atoms with van der Waals surface area (Å²) in [6.45, 7) is 5.01. The molecule has 2 rings (SSSR count). The lowest BCUT2D eigenvalue weighted by Crippen LogP contribution is -1.97. The van der Waals surface area contributed by atoms with Crippen molar-refractivity contribution in [1.82, 2.24) is 9.97 Å². The lowest BCUT2D eigenvalue weighted by Gasteiger charge is -2.06. The summed E-state index contributed by atoms with van der Waals surface area (Å²) in [6, 6.07) is 3.28. The molecular weight excluding hydrogens is 273 g/mol. The van der Waals surface area contributed by atoms with Crippen LogP contribution in [-0.2, 0) is 0 Å². The van der Waals surface area contributed by atoms with Crippen LogP contribution in [0.1, 0.15) is 6.92 Å². The van der Waals surface area contributed by atoms with Gasteiger partial charge in [0.1, 0.15) is 29.3 Å². The van der Waals surface area contributed by atoms with Gasteiger partial charge in [-0.3, -0.25) is 4.98 Å². The Kier molecular flexibility index (Phi) is 4.50. The first kappa shape index (κ1) is 14.5.